The first-order valence-corrected chi connectivity index (χ1v) is 9.20. The highest BCUT2D eigenvalue weighted by molar-refractivity contribution is 6.02. The molecule has 0 radical (unpaired) electrons. The van der Waals surface area contributed by atoms with Crippen molar-refractivity contribution in [1.82, 2.24) is 14.8 Å². The molecule has 0 unspecified atom stereocenters. The molecule has 1 atom stereocenters. The molecular weight excluding hydrogens is 328 g/mol. The lowest BCUT2D eigenvalue weighted by Crippen LogP contribution is -2.58. The number of carbonyl (C=O) groups is 2. The number of rotatable bonds is 4. The summed E-state index contributed by atoms with van der Waals surface area (Å²) in [6, 6.07) is 7.06. The van der Waals surface area contributed by atoms with Crippen LogP contribution < -0.4 is 5.32 Å². The SMILES string of the molecule is CCCC[C@@H]1C(=O)N(C)CCN1C(=O)Nc1ccc(C)c2ncccc12. The molecule has 2 heterocycles. The maximum Gasteiger partial charge on any atom is 0.322 e. The molecule has 1 fully saturated rings. The van der Waals surface area contributed by atoms with Crippen molar-refractivity contribution in [1.29, 1.82) is 0 Å². The fraction of sp³-hybridized carbons (Fsp3) is 0.450. The number of piperazine rings is 1. The van der Waals surface area contributed by atoms with Gasteiger partial charge >= 0.3 is 6.03 Å². The lowest BCUT2D eigenvalue weighted by Gasteiger charge is -2.39. The molecule has 6 heteroatoms. The Balaban J connectivity index is 1.85. The predicted octanol–water partition coefficient (Wildman–Crippen LogP) is 3.41. The molecule has 1 N–H and O–H groups in total. The number of nitrogens with one attached hydrogen (secondary N) is 1. The molecule has 26 heavy (non-hydrogen) atoms. The number of likely N-dealkylation sites (N-methyl/N-ethyl adjacent to an activating group) is 1. The van der Waals surface area contributed by atoms with Crippen LogP contribution in [0.25, 0.3) is 10.9 Å². The Bertz CT molecular complexity index is 821. The van der Waals surface area contributed by atoms with E-state index in [9.17, 15) is 9.59 Å². The van der Waals surface area contributed by atoms with Gasteiger partial charge in [0, 0.05) is 31.7 Å². The van der Waals surface area contributed by atoms with Crippen LogP contribution in [0.1, 0.15) is 31.7 Å². The molecule has 0 aliphatic carbocycles. The minimum absolute atomic E-state index is 0.0234. The van der Waals surface area contributed by atoms with E-state index in [0.717, 1.165) is 35.0 Å². The standard InChI is InChI=1S/C20H26N4O2/c1-4-5-8-17-19(25)23(3)12-13-24(17)20(26)22-16-10-9-14(2)18-15(16)7-6-11-21-18/h6-7,9-11,17H,4-5,8,12-13H2,1-3H3,(H,22,26)/t17-/m1/s1. The second kappa shape index (κ2) is 7.72. The smallest absolute Gasteiger partial charge is 0.322 e. The number of hydrogen-bond acceptors (Lipinski definition) is 3. The Morgan fingerprint density at radius 1 is 1.31 bits per heavy atom. The predicted molar refractivity (Wildman–Crippen MR) is 103 cm³/mol. The van der Waals surface area contributed by atoms with E-state index in [0.29, 0.717) is 19.5 Å². The van der Waals surface area contributed by atoms with Gasteiger partial charge in [0.15, 0.2) is 0 Å². The zero-order valence-electron chi connectivity index (χ0n) is 15.7. The van der Waals surface area contributed by atoms with Crippen molar-refractivity contribution in [2.24, 2.45) is 0 Å². The topological polar surface area (TPSA) is 65.5 Å². The van der Waals surface area contributed by atoms with Gasteiger partial charge < -0.3 is 15.1 Å². The lowest BCUT2D eigenvalue weighted by atomic mass is 10.0. The molecule has 1 aromatic heterocycles. The van der Waals surface area contributed by atoms with Crippen molar-refractivity contribution < 1.29 is 9.59 Å². The fourth-order valence-corrected chi connectivity index (χ4v) is 3.44. The van der Waals surface area contributed by atoms with Gasteiger partial charge in [-0.05, 0) is 37.1 Å². The van der Waals surface area contributed by atoms with Crippen LogP contribution in [0.3, 0.4) is 0 Å². The van der Waals surface area contributed by atoms with E-state index in [4.69, 9.17) is 0 Å². The molecule has 0 spiro atoms. The Morgan fingerprint density at radius 3 is 2.88 bits per heavy atom. The van der Waals surface area contributed by atoms with Crippen LogP contribution in [0, 0.1) is 6.92 Å². The van der Waals surface area contributed by atoms with Crippen LogP contribution in [-0.4, -0.2) is 52.9 Å². The maximum atomic E-state index is 12.9. The van der Waals surface area contributed by atoms with Gasteiger partial charge in [0.25, 0.3) is 0 Å². The van der Waals surface area contributed by atoms with E-state index in [2.05, 4.69) is 17.2 Å². The van der Waals surface area contributed by atoms with Crippen molar-refractivity contribution in [3.05, 3.63) is 36.0 Å². The Kier molecular flexibility index (Phi) is 5.40. The van der Waals surface area contributed by atoms with E-state index in [1.165, 1.54) is 0 Å². The number of benzene rings is 1. The number of aromatic nitrogens is 1. The van der Waals surface area contributed by atoms with Crippen molar-refractivity contribution in [2.45, 2.75) is 39.2 Å². The summed E-state index contributed by atoms with van der Waals surface area (Å²) < 4.78 is 0. The lowest BCUT2D eigenvalue weighted by molar-refractivity contribution is -0.138. The number of anilines is 1. The highest BCUT2D eigenvalue weighted by Gasteiger charge is 2.35. The first-order chi connectivity index (χ1) is 12.5. The molecule has 1 saturated heterocycles. The van der Waals surface area contributed by atoms with Crippen LogP contribution in [0.2, 0.25) is 0 Å². The van der Waals surface area contributed by atoms with Crippen LogP contribution in [0.15, 0.2) is 30.5 Å². The number of fused-ring (bicyclic) bond motifs is 1. The van der Waals surface area contributed by atoms with Crippen LogP contribution in [0.5, 0.6) is 0 Å². The Hall–Kier alpha value is -2.63. The summed E-state index contributed by atoms with van der Waals surface area (Å²) in [5.41, 5.74) is 2.67. The van der Waals surface area contributed by atoms with Crippen molar-refractivity contribution in [2.75, 3.05) is 25.5 Å². The number of amides is 3. The number of urea groups is 1. The first kappa shape index (κ1) is 18.2. The van der Waals surface area contributed by atoms with E-state index in [1.54, 1.807) is 23.0 Å². The average molecular weight is 354 g/mol. The summed E-state index contributed by atoms with van der Waals surface area (Å²) in [6.07, 6.45) is 4.37. The van der Waals surface area contributed by atoms with Gasteiger partial charge in [0.1, 0.15) is 6.04 Å². The largest absolute Gasteiger partial charge is 0.342 e. The van der Waals surface area contributed by atoms with E-state index in [1.807, 2.05) is 31.2 Å². The quantitative estimate of drug-likeness (QED) is 0.915. The number of aryl methyl sites for hydroxylation is 1. The third-order valence-electron chi connectivity index (χ3n) is 5.02. The summed E-state index contributed by atoms with van der Waals surface area (Å²) in [7, 11) is 1.80. The number of carbonyl (C=O) groups excluding carboxylic acids is 2. The van der Waals surface area contributed by atoms with E-state index in [-0.39, 0.29) is 18.0 Å². The third kappa shape index (κ3) is 3.49. The second-order valence-corrected chi connectivity index (χ2v) is 6.87. The minimum atomic E-state index is -0.386. The zero-order valence-corrected chi connectivity index (χ0v) is 15.7. The van der Waals surface area contributed by atoms with Gasteiger partial charge in [-0.15, -0.1) is 0 Å². The first-order valence-electron chi connectivity index (χ1n) is 9.20. The molecule has 2 aromatic rings. The number of nitrogens with zero attached hydrogens (tertiary/aromatic N) is 3. The van der Waals surface area contributed by atoms with Crippen molar-refractivity contribution in [3.8, 4) is 0 Å². The molecule has 6 nitrogen and oxygen atoms in total. The van der Waals surface area contributed by atoms with Gasteiger partial charge in [-0.2, -0.15) is 0 Å². The summed E-state index contributed by atoms with van der Waals surface area (Å²) >= 11 is 0. The van der Waals surface area contributed by atoms with Gasteiger partial charge in [0.05, 0.1) is 11.2 Å². The van der Waals surface area contributed by atoms with Gasteiger partial charge in [-0.1, -0.05) is 25.8 Å². The number of unbranched alkanes of at least 4 members (excludes halogenated alkanes) is 1. The average Bonchev–Trinajstić information content (AvgIpc) is 2.65. The molecule has 3 amide bonds. The highest BCUT2D eigenvalue weighted by atomic mass is 16.2. The van der Waals surface area contributed by atoms with Gasteiger partial charge in [-0.25, -0.2) is 4.79 Å². The summed E-state index contributed by atoms with van der Waals surface area (Å²) in [5, 5.41) is 3.91. The molecular formula is C20H26N4O2. The number of pyridine rings is 1. The molecule has 0 bridgehead atoms. The minimum Gasteiger partial charge on any atom is -0.342 e. The zero-order chi connectivity index (χ0) is 18.7. The summed E-state index contributed by atoms with van der Waals surface area (Å²) in [6.45, 7) is 5.20. The molecule has 3 rings (SSSR count). The normalized spacial score (nSPS) is 17.7. The van der Waals surface area contributed by atoms with E-state index < -0.39 is 0 Å². The molecule has 1 aliphatic rings. The Morgan fingerprint density at radius 2 is 2.12 bits per heavy atom. The van der Waals surface area contributed by atoms with Crippen LogP contribution >= 0.6 is 0 Å². The van der Waals surface area contributed by atoms with Crippen molar-refractivity contribution >= 4 is 28.5 Å². The summed E-state index contributed by atoms with van der Waals surface area (Å²) in [5.74, 6) is 0.0234. The summed E-state index contributed by atoms with van der Waals surface area (Å²) in [4.78, 5) is 33.3. The van der Waals surface area contributed by atoms with Crippen molar-refractivity contribution in [3.63, 3.8) is 0 Å². The molecule has 138 valence electrons. The second-order valence-electron chi connectivity index (χ2n) is 6.87. The van der Waals surface area contributed by atoms with E-state index >= 15 is 0 Å². The Labute approximate surface area is 154 Å². The van der Waals surface area contributed by atoms with Gasteiger partial charge in [0.2, 0.25) is 5.91 Å². The fourth-order valence-electron chi connectivity index (χ4n) is 3.44. The van der Waals surface area contributed by atoms with Crippen LogP contribution in [-0.2, 0) is 4.79 Å². The third-order valence-corrected chi connectivity index (χ3v) is 5.02. The molecule has 1 aromatic carbocycles. The van der Waals surface area contributed by atoms with Crippen LogP contribution in [0.4, 0.5) is 10.5 Å². The highest BCUT2D eigenvalue weighted by Crippen LogP contribution is 2.26. The monoisotopic (exact) mass is 354 g/mol. The van der Waals surface area contributed by atoms with Gasteiger partial charge in [-0.3, -0.25) is 9.78 Å². The molecule has 0 saturated carbocycles. The maximum absolute atomic E-state index is 12.9. The number of hydrogen-bond donors (Lipinski definition) is 1. The molecule has 1 aliphatic heterocycles.